The molecular weight excluding hydrogens is 454 g/mol. The summed E-state index contributed by atoms with van der Waals surface area (Å²) in [5.41, 5.74) is 1.80. The molecular formula is C22H22F2N4O2S2. The van der Waals surface area contributed by atoms with Crippen LogP contribution in [0, 0.1) is 23.3 Å². The maximum atomic E-state index is 14.1. The summed E-state index contributed by atoms with van der Waals surface area (Å²) >= 11 is 1.11. The van der Waals surface area contributed by atoms with Gasteiger partial charge in [-0.25, -0.2) is 27.5 Å². The van der Waals surface area contributed by atoms with Gasteiger partial charge in [-0.3, -0.25) is 9.80 Å². The summed E-state index contributed by atoms with van der Waals surface area (Å²) in [5, 5.41) is 0.426. The van der Waals surface area contributed by atoms with Gasteiger partial charge in [0.05, 0.1) is 15.4 Å². The molecule has 1 aliphatic heterocycles. The Bertz CT molecular complexity index is 1270. The molecule has 1 aliphatic rings. The molecule has 0 bridgehead atoms. The van der Waals surface area contributed by atoms with Crippen molar-refractivity contribution in [3.63, 3.8) is 0 Å². The summed E-state index contributed by atoms with van der Waals surface area (Å²) in [6.45, 7) is 2.66. The molecule has 0 aliphatic carbocycles. The molecule has 0 saturated carbocycles. The lowest BCUT2D eigenvalue weighted by atomic mass is 10.0. The van der Waals surface area contributed by atoms with Crippen molar-refractivity contribution in [1.82, 2.24) is 4.98 Å². The van der Waals surface area contributed by atoms with Gasteiger partial charge in [-0.2, -0.15) is 0 Å². The Labute approximate surface area is 189 Å². The van der Waals surface area contributed by atoms with Crippen LogP contribution in [0.1, 0.15) is 18.5 Å². The van der Waals surface area contributed by atoms with Crippen molar-refractivity contribution in [3.8, 4) is 11.1 Å². The summed E-state index contributed by atoms with van der Waals surface area (Å²) < 4.78 is 48.1. The van der Waals surface area contributed by atoms with Gasteiger partial charge in [0.2, 0.25) is 0 Å². The van der Waals surface area contributed by atoms with Crippen molar-refractivity contribution in [2.75, 3.05) is 29.1 Å². The molecule has 1 N–H and O–H groups in total. The number of aryl methyl sites for hydroxylation is 1. The quantitative estimate of drug-likeness (QED) is 0.528. The highest BCUT2D eigenvalue weighted by atomic mass is 32.2. The first-order chi connectivity index (χ1) is 15.1. The number of hydrogen-bond acceptors (Lipinski definition) is 5. The van der Waals surface area contributed by atoms with Crippen LogP contribution in [0.3, 0.4) is 0 Å². The number of amides is 2. The van der Waals surface area contributed by atoms with E-state index in [0.717, 1.165) is 42.4 Å². The predicted molar refractivity (Wildman–Crippen MR) is 123 cm³/mol. The van der Waals surface area contributed by atoms with E-state index >= 15 is 0 Å². The standard InChI is InChI=1S/C22H22F2N4O2S2/c1-14-20(32(2,25)30)31-21(26-14)28-12-4-3-11-27(22(28)29)17-8-5-15(6-9-17)18-13-16(23)7-10-19(18)24/h5-10,13,25H,3-4,11-12H2,1-2H3/t32-/m1/s1. The topological polar surface area (TPSA) is 77.4 Å². The van der Waals surface area contributed by atoms with Crippen molar-refractivity contribution in [1.29, 1.82) is 4.78 Å². The SMILES string of the molecule is Cc1nc(N2CCCCN(c3ccc(-c4cc(F)ccc4F)cc3)C2=O)sc1[S@](C)(=N)=O. The fourth-order valence-corrected chi connectivity index (χ4v) is 5.97. The van der Waals surface area contributed by atoms with E-state index in [-0.39, 0.29) is 11.6 Å². The third-order valence-corrected chi connectivity index (χ3v) is 8.40. The van der Waals surface area contributed by atoms with Gasteiger partial charge in [0.1, 0.15) is 15.8 Å². The van der Waals surface area contributed by atoms with E-state index in [1.54, 1.807) is 41.0 Å². The fourth-order valence-electron chi connectivity index (χ4n) is 3.68. The van der Waals surface area contributed by atoms with Crippen LogP contribution < -0.4 is 9.80 Å². The molecule has 1 saturated heterocycles. The molecule has 2 heterocycles. The number of anilines is 2. The molecule has 32 heavy (non-hydrogen) atoms. The molecule has 0 unspecified atom stereocenters. The average molecular weight is 477 g/mol. The number of aromatic nitrogens is 1. The number of carbonyl (C=O) groups excluding carboxylic acids is 1. The van der Waals surface area contributed by atoms with Crippen LogP contribution in [0.25, 0.3) is 11.1 Å². The lowest BCUT2D eigenvalue weighted by Crippen LogP contribution is -2.42. The number of halogens is 2. The number of carbonyl (C=O) groups is 1. The van der Waals surface area contributed by atoms with Crippen molar-refractivity contribution >= 4 is 37.9 Å². The maximum absolute atomic E-state index is 14.1. The van der Waals surface area contributed by atoms with E-state index in [9.17, 15) is 17.8 Å². The van der Waals surface area contributed by atoms with Crippen molar-refractivity contribution in [3.05, 3.63) is 59.8 Å². The van der Waals surface area contributed by atoms with E-state index < -0.39 is 21.4 Å². The second-order valence-corrected chi connectivity index (χ2v) is 11.0. The van der Waals surface area contributed by atoms with Crippen LogP contribution in [0.2, 0.25) is 0 Å². The summed E-state index contributed by atoms with van der Waals surface area (Å²) in [4.78, 5) is 21.0. The van der Waals surface area contributed by atoms with Crippen molar-refractivity contribution < 1.29 is 17.8 Å². The molecule has 168 valence electrons. The largest absolute Gasteiger partial charge is 0.330 e. The van der Waals surface area contributed by atoms with Gasteiger partial charge in [0.25, 0.3) is 0 Å². The Kier molecular flexibility index (Phi) is 6.00. The van der Waals surface area contributed by atoms with Gasteiger partial charge in [-0.05, 0) is 55.7 Å². The second kappa shape index (κ2) is 8.59. The van der Waals surface area contributed by atoms with Gasteiger partial charge in [0.15, 0.2) is 5.13 Å². The number of hydrogen-bond donors (Lipinski definition) is 1. The molecule has 0 radical (unpaired) electrons. The summed E-state index contributed by atoms with van der Waals surface area (Å²) in [7, 11) is -2.93. The number of nitrogens with zero attached hydrogens (tertiary/aromatic N) is 3. The van der Waals surface area contributed by atoms with Gasteiger partial charge in [-0.15, -0.1) is 0 Å². The van der Waals surface area contributed by atoms with Gasteiger partial charge >= 0.3 is 6.03 Å². The minimum atomic E-state index is -2.93. The first kappa shape index (κ1) is 22.3. The monoisotopic (exact) mass is 476 g/mol. The summed E-state index contributed by atoms with van der Waals surface area (Å²) in [6, 6.07) is 9.78. The highest BCUT2D eigenvalue weighted by molar-refractivity contribution is 7.93. The zero-order valence-corrected chi connectivity index (χ0v) is 19.2. The highest BCUT2D eigenvalue weighted by Gasteiger charge is 2.29. The molecule has 0 spiro atoms. The molecule has 2 aromatic carbocycles. The number of urea groups is 1. The smallest absolute Gasteiger partial charge is 0.294 e. The third kappa shape index (κ3) is 4.37. The predicted octanol–water partition coefficient (Wildman–Crippen LogP) is 5.66. The van der Waals surface area contributed by atoms with Crippen LogP contribution in [0.5, 0.6) is 0 Å². The molecule has 1 atom stereocenters. The van der Waals surface area contributed by atoms with Crippen molar-refractivity contribution in [2.45, 2.75) is 24.0 Å². The molecule has 6 nitrogen and oxygen atoms in total. The van der Waals surface area contributed by atoms with Crippen LogP contribution in [-0.4, -0.2) is 34.6 Å². The summed E-state index contributed by atoms with van der Waals surface area (Å²) in [5.74, 6) is -1.04. The normalized spacial score (nSPS) is 16.7. The van der Waals surface area contributed by atoms with Crippen LogP contribution >= 0.6 is 11.3 Å². The van der Waals surface area contributed by atoms with Crippen molar-refractivity contribution in [2.24, 2.45) is 0 Å². The van der Waals surface area contributed by atoms with E-state index in [0.29, 0.717) is 39.4 Å². The third-order valence-electron chi connectivity index (χ3n) is 5.22. The molecule has 3 aromatic rings. The molecule has 2 amide bonds. The van der Waals surface area contributed by atoms with Crippen LogP contribution in [0.4, 0.5) is 24.4 Å². The van der Waals surface area contributed by atoms with E-state index in [2.05, 4.69) is 4.98 Å². The molecule has 1 aromatic heterocycles. The number of rotatable bonds is 4. The first-order valence-corrected chi connectivity index (χ1v) is 12.8. The highest BCUT2D eigenvalue weighted by Crippen LogP contribution is 2.33. The minimum Gasteiger partial charge on any atom is -0.294 e. The Morgan fingerprint density at radius 1 is 1.06 bits per heavy atom. The van der Waals surface area contributed by atoms with E-state index in [4.69, 9.17) is 4.78 Å². The first-order valence-electron chi connectivity index (χ1n) is 10.0. The van der Waals surface area contributed by atoms with Gasteiger partial charge in [0, 0.05) is 30.6 Å². The molecule has 4 rings (SSSR count). The Morgan fingerprint density at radius 3 is 2.34 bits per heavy atom. The Morgan fingerprint density at radius 2 is 1.72 bits per heavy atom. The number of thiazole rings is 1. The maximum Gasteiger partial charge on any atom is 0.330 e. The lowest BCUT2D eigenvalue weighted by molar-refractivity contribution is 0.252. The van der Waals surface area contributed by atoms with Gasteiger partial charge < -0.3 is 0 Å². The second-order valence-electron chi connectivity index (χ2n) is 7.68. The summed E-state index contributed by atoms with van der Waals surface area (Å²) in [6.07, 6.45) is 2.89. The van der Waals surface area contributed by atoms with Crippen LogP contribution in [0.15, 0.2) is 46.7 Å². The molecule has 10 heteroatoms. The Balaban J connectivity index is 1.64. The number of benzene rings is 2. The van der Waals surface area contributed by atoms with E-state index in [1.165, 1.54) is 6.26 Å². The lowest BCUT2D eigenvalue weighted by Gasteiger charge is -2.26. The van der Waals surface area contributed by atoms with Gasteiger partial charge in [-0.1, -0.05) is 23.5 Å². The van der Waals surface area contributed by atoms with Crippen LogP contribution in [-0.2, 0) is 9.73 Å². The average Bonchev–Trinajstić information content (AvgIpc) is 3.03. The minimum absolute atomic E-state index is 0.157. The van der Waals surface area contributed by atoms with E-state index in [1.807, 2.05) is 0 Å². The number of nitrogens with one attached hydrogen (secondary N) is 1. The zero-order chi connectivity index (χ0) is 23.0. The molecule has 1 fully saturated rings. The fraction of sp³-hybridized carbons (Fsp3) is 0.273. The zero-order valence-electron chi connectivity index (χ0n) is 17.6. The Hall–Kier alpha value is -2.85.